The molecule has 0 aliphatic carbocycles. The Hall–Kier alpha value is -3.04. The lowest BCUT2D eigenvalue weighted by Crippen LogP contribution is -1.96. The van der Waals surface area contributed by atoms with E-state index >= 15 is 0 Å². The second-order valence-electron chi connectivity index (χ2n) is 8.35. The van der Waals surface area contributed by atoms with E-state index in [4.69, 9.17) is 5.11 Å². The number of benzene rings is 3. The number of aromatic hydroxyl groups is 2. The first-order chi connectivity index (χ1) is 16.0. The van der Waals surface area contributed by atoms with E-state index in [0.717, 1.165) is 48.8 Å². The number of hydrogen-bond donors (Lipinski definition) is 3. The second kappa shape index (κ2) is 14.2. The SMILES string of the molecule is CCCCC(=C(c1ccc(O)cc1)c1ccc(O)cc1)c1ccc(C)cc1.CCCCCO. The Morgan fingerprint density at radius 1 is 0.606 bits per heavy atom. The summed E-state index contributed by atoms with van der Waals surface area (Å²) in [5, 5.41) is 27.6. The van der Waals surface area contributed by atoms with Crippen LogP contribution in [0.25, 0.3) is 11.1 Å². The van der Waals surface area contributed by atoms with E-state index in [1.54, 1.807) is 24.3 Å². The summed E-state index contributed by atoms with van der Waals surface area (Å²) in [6.07, 6.45) is 6.51. The molecule has 0 heterocycles. The van der Waals surface area contributed by atoms with Crippen molar-refractivity contribution in [2.24, 2.45) is 0 Å². The van der Waals surface area contributed by atoms with Crippen molar-refractivity contribution in [2.75, 3.05) is 6.61 Å². The van der Waals surface area contributed by atoms with Gasteiger partial charge in [0, 0.05) is 6.61 Å². The van der Waals surface area contributed by atoms with E-state index < -0.39 is 0 Å². The normalized spacial score (nSPS) is 10.3. The van der Waals surface area contributed by atoms with E-state index in [1.165, 1.54) is 23.1 Å². The maximum atomic E-state index is 9.72. The molecule has 0 bridgehead atoms. The molecule has 0 atom stereocenters. The molecule has 3 rings (SSSR count). The Labute approximate surface area is 199 Å². The predicted molar refractivity (Wildman–Crippen MR) is 139 cm³/mol. The zero-order valence-corrected chi connectivity index (χ0v) is 20.2. The van der Waals surface area contributed by atoms with Gasteiger partial charge >= 0.3 is 0 Å². The van der Waals surface area contributed by atoms with Crippen molar-refractivity contribution in [3.63, 3.8) is 0 Å². The Morgan fingerprint density at radius 2 is 1.06 bits per heavy atom. The minimum atomic E-state index is 0.259. The standard InChI is InChI=1S/C25H26O2.C5H12O/c1-3-4-5-24(19-8-6-18(2)7-9-19)25(20-10-14-22(26)15-11-20)21-12-16-23(27)17-13-21;1-2-3-4-5-6/h6-17,26-27H,3-5H2,1-2H3;6H,2-5H2,1H3. The summed E-state index contributed by atoms with van der Waals surface area (Å²) in [4.78, 5) is 0. The van der Waals surface area contributed by atoms with Crippen LogP contribution in [-0.2, 0) is 0 Å². The zero-order chi connectivity index (χ0) is 24.1. The van der Waals surface area contributed by atoms with Crippen LogP contribution in [0.5, 0.6) is 11.5 Å². The van der Waals surface area contributed by atoms with Gasteiger partial charge in [-0.1, -0.05) is 87.2 Å². The monoisotopic (exact) mass is 446 g/mol. The summed E-state index contributed by atoms with van der Waals surface area (Å²) in [6.45, 7) is 6.77. The summed E-state index contributed by atoms with van der Waals surface area (Å²) in [6, 6.07) is 23.4. The Balaban J connectivity index is 0.000000569. The Morgan fingerprint density at radius 3 is 1.45 bits per heavy atom. The Kier molecular flexibility index (Phi) is 11.3. The largest absolute Gasteiger partial charge is 0.508 e. The molecule has 0 aromatic heterocycles. The van der Waals surface area contributed by atoms with Crippen molar-refractivity contribution in [3.8, 4) is 11.5 Å². The highest BCUT2D eigenvalue weighted by molar-refractivity contribution is 5.98. The van der Waals surface area contributed by atoms with Gasteiger partial charge in [-0.3, -0.25) is 0 Å². The maximum Gasteiger partial charge on any atom is 0.115 e. The molecule has 3 nitrogen and oxygen atoms in total. The fourth-order valence-electron chi connectivity index (χ4n) is 3.66. The molecule has 176 valence electrons. The number of rotatable bonds is 9. The fourth-order valence-corrected chi connectivity index (χ4v) is 3.66. The number of phenolic OH excluding ortho intramolecular Hbond substituents is 2. The number of aliphatic hydroxyl groups is 1. The van der Waals surface area contributed by atoms with Crippen molar-refractivity contribution < 1.29 is 15.3 Å². The maximum absolute atomic E-state index is 9.72. The molecule has 3 aromatic rings. The molecular formula is C30H38O3. The molecule has 0 aliphatic rings. The van der Waals surface area contributed by atoms with Gasteiger partial charge in [0.15, 0.2) is 0 Å². The van der Waals surface area contributed by atoms with Crippen LogP contribution < -0.4 is 0 Å². The van der Waals surface area contributed by atoms with E-state index in [0.29, 0.717) is 6.61 Å². The van der Waals surface area contributed by atoms with Gasteiger partial charge in [-0.25, -0.2) is 0 Å². The first-order valence-corrected chi connectivity index (χ1v) is 12.0. The number of unbranched alkanes of at least 4 members (excludes halogenated alkanes) is 3. The number of aryl methyl sites for hydroxylation is 1. The van der Waals surface area contributed by atoms with Crippen molar-refractivity contribution in [1.82, 2.24) is 0 Å². The first kappa shape index (κ1) is 26.2. The van der Waals surface area contributed by atoms with E-state index in [-0.39, 0.29) is 11.5 Å². The number of phenols is 2. The van der Waals surface area contributed by atoms with E-state index in [9.17, 15) is 10.2 Å². The molecule has 0 aliphatic heterocycles. The minimum absolute atomic E-state index is 0.259. The molecular weight excluding hydrogens is 408 g/mol. The molecule has 33 heavy (non-hydrogen) atoms. The fraction of sp³-hybridized carbons (Fsp3) is 0.333. The van der Waals surface area contributed by atoms with Crippen molar-refractivity contribution in [2.45, 2.75) is 59.3 Å². The highest BCUT2D eigenvalue weighted by Gasteiger charge is 2.14. The van der Waals surface area contributed by atoms with E-state index in [1.807, 2.05) is 24.3 Å². The van der Waals surface area contributed by atoms with Gasteiger partial charge in [-0.15, -0.1) is 0 Å². The molecule has 0 spiro atoms. The second-order valence-corrected chi connectivity index (χ2v) is 8.35. The molecule has 0 amide bonds. The third-order valence-corrected chi connectivity index (χ3v) is 5.56. The van der Waals surface area contributed by atoms with Crippen LogP contribution in [0.4, 0.5) is 0 Å². The topological polar surface area (TPSA) is 60.7 Å². The molecule has 0 saturated carbocycles. The average molecular weight is 447 g/mol. The van der Waals surface area contributed by atoms with Crippen LogP contribution >= 0.6 is 0 Å². The van der Waals surface area contributed by atoms with Gasteiger partial charge in [-0.2, -0.15) is 0 Å². The van der Waals surface area contributed by atoms with Gasteiger partial charge < -0.3 is 15.3 Å². The first-order valence-electron chi connectivity index (χ1n) is 12.0. The minimum Gasteiger partial charge on any atom is -0.508 e. The summed E-state index contributed by atoms with van der Waals surface area (Å²) in [5.41, 5.74) is 7.01. The molecule has 0 saturated heterocycles. The molecule has 3 N–H and O–H groups in total. The third-order valence-electron chi connectivity index (χ3n) is 5.56. The van der Waals surface area contributed by atoms with E-state index in [2.05, 4.69) is 45.0 Å². The van der Waals surface area contributed by atoms with Gasteiger partial charge in [0.1, 0.15) is 11.5 Å². The van der Waals surface area contributed by atoms with Gasteiger partial charge in [0.25, 0.3) is 0 Å². The van der Waals surface area contributed by atoms with Gasteiger partial charge in [0.2, 0.25) is 0 Å². The van der Waals surface area contributed by atoms with Crippen LogP contribution in [0.1, 0.15) is 74.6 Å². The summed E-state index contributed by atoms with van der Waals surface area (Å²) in [7, 11) is 0. The zero-order valence-electron chi connectivity index (χ0n) is 20.2. The summed E-state index contributed by atoms with van der Waals surface area (Å²) in [5.74, 6) is 0.517. The lowest BCUT2D eigenvalue weighted by molar-refractivity contribution is 0.284. The third kappa shape index (κ3) is 8.43. The molecule has 0 radical (unpaired) electrons. The van der Waals surface area contributed by atoms with Crippen molar-refractivity contribution in [1.29, 1.82) is 0 Å². The number of hydrogen-bond acceptors (Lipinski definition) is 3. The predicted octanol–water partition coefficient (Wildman–Crippen LogP) is 7.72. The number of allylic oxidation sites excluding steroid dienone is 1. The van der Waals surface area contributed by atoms with Crippen LogP contribution in [0.2, 0.25) is 0 Å². The van der Waals surface area contributed by atoms with Gasteiger partial charge in [0.05, 0.1) is 0 Å². The molecule has 0 fully saturated rings. The van der Waals surface area contributed by atoms with Crippen LogP contribution in [0, 0.1) is 6.92 Å². The van der Waals surface area contributed by atoms with Crippen molar-refractivity contribution >= 4 is 11.1 Å². The highest BCUT2D eigenvalue weighted by Crippen LogP contribution is 2.36. The quantitative estimate of drug-likeness (QED) is 0.233. The van der Waals surface area contributed by atoms with Crippen LogP contribution in [0.15, 0.2) is 72.8 Å². The van der Waals surface area contributed by atoms with Crippen LogP contribution in [0.3, 0.4) is 0 Å². The summed E-state index contributed by atoms with van der Waals surface area (Å²) < 4.78 is 0. The van der Waals surface area contributed by atoms with Crippen LogP contribution in [-0.4, -0.2) is 21.9 Å². The highest BCUT2D eigenvalue weighted by atomic mass is 16.3. The van der Waals surface area contributed by atoms with Gasteiger partial charge in [-0.05, 0) is 78.3 Å². The number of aliphatic hydroxyl groups excluding tert-OH is 1. The lowest BCUT2D eigenvalue weighted by Gasteiger charge is -2.18. The molecule has 3 aromatic carbocycles. The molecule has 0 unspecified atom stereocenters. The molecule has 3 heteroatoms. The summed E-state index contributed by atoms with van der Waals surface area (Å²) >= 11 is 0. The van der Waals surface area contributed by atoms with Crippen molar-refractivity contribution in [3.05, 3.63) is 95.1 Å². The smallest absolute Gasteiger partial charge is 0.115 e. The average Bonchev–Trinajstić information content (AvgIpc) is 2.83. The Bertz CT molecular complexity index is 917. The lowest BCUT2D eigenvalue weighted by atomic mass is 9.86.